The first-order valence-corrected chi connectivity index (χ1v) is 8.97. The van der Waals surface area contributed by atoms with Crippen molar-refractivity contribution in [3.05, 3.63) is 29.8 Å². The zero-order valence-corrected chi connectivity index (χ0v) is 14.6. The van der Waals surface area contributed by atoms with Gasteiger partial charge in [0.15, 0.2) is 0 Å². The zero-order valence-electron chi connectivity index (χ0n) is 14.6. The fourth-order valence-electron chi connectivity index (χ4n) is 3.82. The van der Waals surface area contributed by atoms with Crippen molar-refractivity contribution in [3.63, 3.8) is 0 Å². The van der Waals surface area contributed by atoms with Crippen LogP contribution in [0.3, 0.4) is 0 Å². The van der Waals surface area contributed by atoms with E-state index in [0.29, 0.717) is 32.5 Å². The van der Waals surface area contributed by atoms with Crippen molar-refractivity contribution in [2.75, 3.05) is 24.5 Å². The number of aryl methyl sites for hydroxylation is 1. The predicted octanol–water partition coefficient (Wildman–Crippen LogP) is 1.33. The predicted molar refractivity (Wildman–Crippen MR) is 94.8 cm³/mol. The Morgan fingerprint density at radius 3 is 2.48 bits per heavy atom. The van der Waals surface area contributed by atoms with Crippen LogP contribution in [0.5, 0.6) is 0 Å². The number of rotatable bonds is 4. The Labute approximate surface area is 148 Å². The lowest BCUT2D eigenvalue weighted by atomic mass is 9.95. The first-order valence-electron chi connectivity index (χ1n) is 8.97. The van der Waals surface area contributed by atoms with E-state index in [0.717, 1.165) is 17.7 Å². The largest absolute Gasteiger partial charge is 0.369 e. The van der Waals surface area contributed by atoms with Gasteiger partial charge in [-0.2, -0.15) is 0 Å². The van der Waals surface area contributed by atoms with Crippen molar-refractivity contribution in [2.45, 2.75) is 32.6 Å². The average molecular weight is 343 g/mol. The molecule has 0 bridgehead atoms. The Morgan fingerprint density at radius 2 is 1.84 bits per heavy atom. The summed E-state index contributed by atoms with van der Waals surface area (Å²) in [5, 5.41) is 0. The molecular formula is C19H25N3O3. The Kier molecular flexibility index (Phi) is 5.06. The number of carbonyl (C=O) groups is 3. The summed E-state index contributed by atoms with van der Waals surface area (Å²) in [4.78, 5) is 40.1. The second kappa shape index (κ2) is 7.25. The Morgan fingerprint density at radius 1 is 1.16 bits per heavy atom. The molecule has 2 aliphatic heterocycles. The van der Waals surface area contributed by atoms with Crippen LogP contribution in [0.2, 0.25) is 0 Å². The summed E-state index contributed by atoms with van der Waals surface area (Å²) in [6.45, 7) is 3.58. The van der Waals surface area contributed by atoms with Crippen molar-refractivity contribution in [2.24, 2.45) is 17.6 Å². The summed E-state index contributed by atoms with van der Waals surface area (Å²) in [6.07, 6.45) is 2.33. The molecule has 25 heavy (non-hydrogen) atoms. The first kappa shape index (κ1) is 17.5. The molecule has 2 aliphatic rings. The van der Waals surface area contributed by atoms with E-state index in [-0.39, 0.29) is 36.0 Å². The van der Waals surface area contributed by atoms with E-state index >= 15 is 0 Å². The molecule has 1 aromatic rings. The molecule has 2 saturated heterocycles. The number of anilines is 1. The molecule has 0 aliphatic carbocycles. The highest BCUT2D eigenvalue weighted by Crippen LogP contribution is 2.30. The lowest BCUT2D eigenvalue weighted by molar-refractivity contribution is -0.138. The number of carbonyl (C=O) groups excluding carboxylic acids is 3. The van der Waals surface area contributed by atoms with Crippen LogP contribution < -0.4 is 10.6 Å². The number of para-hydroxylation sites is 1. The molecule has 0 radical (unpaired) electrons. The van der Waals surface area contributed by atoms with Crippen LogP contribution in [0.25, 0.3) is 0 Å². The third-order valence-electron chi connectivity index (χ3n) is 5.35. The van der Waals surface area contributed by atoms with Crippen molar-refractivity contribution in [3.8, 4) is 0 Å². The molecule has 0 saturated carbocycles. The van der Waals surface area contributed by atoms with Crippen LogP contribution >= 0.6 is 0 Å². The van der Waals surface area contributed by atoms with Gasteiger partial charge < -0.3 is 15.5 Å². The number of amides is 3. The first-order chi connectivity index (χ1) is 12.0. The number of primary amides is 1. The molecule has 1 atom stereocenters. The van der Waals surface area contributed by atoms with Crippen LogP contribution in [-0.4, -0.2) is 42.3 Å². The molecular weight excluding hydrogens is 318 g/mol. The van der Waals surface area contributed by atoms with E-state index in [2.05, 4.69) is 6.92 Å². The maximum atomic E-state index is 12.8. The maximum absolute atomic E-state index is 12.8. The summed E-state index contributed by atoms with van der Waals surface area (Å²) in [5.74, 6) is -0.700. The Bertz CT molecular complexity index is 680. The van der Waals surface area contributed by atoms with Crippen LogP contribution in [0.1, 0.15) is 31.7 Å². The van der Waals surface area contributed by atoms with Gasteiger partial charge in [0.1, 0.15) is 0 Å². The topological polar surface area (TPSA) is 83.7 Å². The van der Waals surface area contributed by atoms with Crippen LogP contribution in [0, 0.1) is 11.8 Å². The normalized spacial score (nSPS) is 21.6. The molecule has 0 spiro atoms. The summed E-state index contributed by atoms with van der Waals surface area (Å²) in [6, 6.07) is 7.86. The van der Waals surface area contributed by atoms with Gasteiger partial charge in [-0.3, -0.25) is 14.4 Å². The summed E-state index contributed by atoms with van der Waals surface area (Å²) in [5.41, 5.74) is 7.38. The smallest absolute Gasteiger partial charge is 0.228 e. The molecule has 2 heterocycles. The molecule has 3 amide bonds. The number of likely N-dealkylation sites (tertiary alicyclic amines) is 1. The van der Waals surface area contributed by atoms with Gasteiger partial charge in [0.2, 0.25) is 17.7 Å². The monoisotopic (exact) mass is 343 g/mol. The maximum Gasteiger partial charge on any atom is 0.228 e. The van der Waals surface area contributed by atoms with E-state index < -0.39 is 0 Å². The summed E-state index contributed by atoms with van der Waals surface area (Å²) >= 11 is 0. The second-order valence-electron chi connectivity index (χ2n) is 6.89. The van der Waals surface area contributed by atoms with E-state index in [1.54, 1.807) is 9.80 Å². The van der Waals surface area contributed by atoms with Gasteiger partial charge >= 0.3 is 0 Å². The molecule has 0 aromatic heterocycles. The van der Waals surface area contributed by atoms with Crippen molar-refractivity contribution in [1.29, 1.82) is 0 Å². The summed E-state index contributed by atoms with van der Waals surface area (Å²) < 4.78 is 0. The Balaban J connectivity index is 1.66. The van der Waals surface area contributed by atoms with Gasteiger partial charge in [-0.15, -0.1) is 0 Å². The fourth-order valence-corrected chi connectivity index (χ4v) is 3.82. The highest BCUT2D eigenvalue weighted by atomic mass is 16.2. The molecule has 6 heteroatoms. The zero-order chi connectivity index (χ0) is 18.0. The molecule has 2 fully saturated rings. The van der Waals surface area contributed by atoms with E-state index in [9.17, 15) is 14.4 Å². The Hall–Kier alpha value is -2.37. The third kappa shape index (κ3) is 3.52. The lowest BCUT2D eigenvalue weighted by Gasteiger charge is -2.32. The standard InChI is InChI=1S/C19H25N3O3/c1-2-13-5-3-4-6-16(13)22-12-15(11-17(22)23)19(25)21-9-7-14(8-10-21)18(20)24/h3-6,14-15H,2,7-12H2,1H3,(H2,20,24)/t15-/m0/s1. The van der Waals surface area contributed by atoms with Crippen molar-refractivity contribution in [1.82, 2.24) is 4.90 Å². The van der Waals surface area contributed by atoms with E-state index in [1.165, 1.54) is 0 Å². The molecule has 6 nitrogen and oxygen atoms in total. The van der Waals surface area contributed by atoms with Crippen LogP contribution in [0.15, 0.2) is 24.3 Å². The van der Waals surface area contributed by atoms with Crippen molar-refractivity contribution >= 4 is 23.4 Å². The van der Waals surface area contributed by atoms with Crippen LogP contribution in [0.4, 0.5) is 5.69 Å². The van der Waals surface area contributed by atoms with Gasteiger partial charge in [-0.25, -0.2) is 0 Å². The number of benzene rings is 1. The molecule has 3 rings (SSSR count). The van der Waals surface area contributed by atoms with E-state index in [1.807, 2.05) is 24.3 Å². The fraction of sp³-hybridized carbons (Fsp3) is 0.526. The average Bonchev–Trinajstić information content (AvgIpc) is 3.02. The van der Waals surface area contributed by atoms with Crippen molar-refractivity contribution < 1.29 is 14.4 Å². The minimum absolute atomic E-state index is 0.00581. The molecule has 2 N–H and O–H groups in total. The number of hydrogen-bond acceptors (Lipinski definition) is 3. The SMILES string of the molecule is CCc1ccccc1N1C[C@@H](C(=O)N2CCC(C(N)=O)CC2)CC1=O. The quantitative estimate of drug-likeness (QED) is 0.895. The van der Waals surface area contributed by atoms with Gasteiger partial charge in [0, 0.05) is 37.7 Å². The summed E-state index contributed by atoms with van der Waals surface area (Å²) in [7, 11) is 0. The third-order valence-corrected chi connectivity index (χ3v) is 5.35. The number of nitrogens with zero attached hydrogens (tertiary/aromatic N) is 2. The highest BCUT2D eigenvalue weighted by molar-refractivity contribution is 6.00. The van der Waals surface area contributed by atoms with Gasteiger partial charge in [0.25, 0.3) is 0 Å². The molecule has 1 aromatic carbocycles. The highest BCUT2D eigenvalue weighted by Gasteiger charge is 2.38. The van der Waals surface area contributed by atoms with Crippen LogP contribution in [-0.2, 0) is 20.8 Å². The molecule has 134 valence electrons. The number of piperidine rings is 1. The lowest BCUT2D eigenvalue weighted by Crippen LogP contribution is -2.44. The van der Waals surface area contributed by atoms with E-state index in [4.69, 9.17) is 5.73 Å². The number of nitrogens with two attached hydrogens (primary N) is 1. The van der Waals surface area contributed by atoms with Gasteiger partial charge in [0.05, 0.1) is 5.92 Å². The number of hydrogen-bond donors (Lipinski definition) is 1. The van der Waals surface area contributed by atoms with Gasteiger partial charge in [-0.05, 0) is 30.9 Å². The minimum Gasteiger partial charge on any atom is -0.369 e. The molecule has 0 unspecified atom stereocenters. The minimum atomic E-state index is -0.303. The van der Waals surface area contributed by atoms with Gasteiger partial charge in [-0.1, -0.05) is 25.1 Å². The second-order valence-corrected chi connectivity index (χ2v) is 6.89.